The number of aromatic amines is 1. The van der Waals surface area contributed by atoms with Crippen molar-refractivity contribution < 1.29 is 14.7 Å². The zero-order valence-corrected chi connectivity index (χ0v) is 14.7. The number of hydroxylamine groups is 2. The molecular formula is C16H22N4O5. The molecule has 3 heterocycles. The van der Waals surface area contributed by atoms with Crippen molar-refractivity contribution in [1.29, 1.82) is 0 Å². The molecule has 1 amide bonds. The first-order valence-electron chi connectivity index (χ1n) is 8.10. The van der Waals surface area contributed by atoms with Crippen molar-refractivity contribution in [1.82, 2.24) is 19.2 Å². The second kappa shape index (κ2) is 5.85. The van der Waals surface area contributed by atoms with Gasteiger partial charge in [-0.05, 0) is 12.8 Å². The number of H-pyrrole nitrogens is 1. The van der Waals surface area contributed by atoms with Crippen molar-refractivity contribution in [2.45, 2.75) is 32.9 Å². The van der Waals surface area contributed by atoms with Gasteiger partial charge < -0.3 is 10.1 Å². The summed E-state index contributed by atoms with van der Waals surface area (Å²) < 4.78 is 2.48. The summed E-state index contributed by atoms with van der Waals surface area (Å²) in [5.74, 6) is -0.371. The molecule has 1 aliphatic heterocycles. The van der Waals surface area contributed by atoms with Crippen LogP contribution in [0.15, 0.2) is 15.8 Å². The molecule has 1 aliphatic rings. The molecule has 1 atom stereocenters. The van der Waals surface area contributed by atoms with Gasteiger partial charge in [-0.2, -0.15) is 0 Å². The Labute approximate surface area is 143 Å². The van der Waals surface area contributed by atoms with E-state index in [-0.39, 0.29) is 30.1 Å². The minimum absolute atomic E-state index is 0.00169. The summed E-state index contributed by atoms with van der Waals surface area (Å²) in [5, 5.41) is 11.1. The van der Waals surface area contributed by atoms with E-state index in [0.29, 0.717) is 12.1 Å². The third kappa shape index (κ3) is 2.89. The van der Waals surface area contributed by atoms with E-state index >= 15 is 0 Å². The summed E-state index contributed by atoms with van der Waals surface area (Å²) in [6.07, 6.45) is 1.49. The summed E-state index contributed by atoms with van der Waals surface area (Å²) in [4.78, 5) is 45.7. The van der Waals surface area contributed by atoms with Crippen LogP contribution >= 0.6 is 0 Å². The van der Waals surface area contributed by atoms with Crippen LogP contribution in [0.4, 0.5) is 0 Å². The van der Waals surface area contributed by atoms with Gasteiger partial charge in [-0.15, -0.1) is 0 Å². The van der Waals surface area contributed by atoms with Crippen LogP contribution in [0.25, 0.3) is 10.9 Å². The lowest BCUT2D eigenvalue weighted by atomic mass is 10.1. The van der Waals surface area contributed by atoms with E-state index in [1.807, 2.05) is 13.8 Å². The maximum Gasteiger partial charge on any atom is 0.331 e. The van der Waals surface area contributed by atoms with E-state index in [9.17, 15) is 19.5 Å². The predicted octanol–water partition coefficient (Wildman–Crippen LogP) is -0.177. The van der Waals surface area contributed by atoms with Crippen molar-refractivity contribution in [3.8, 4) is 0 Å². The van der Waals surface area contributed by atoms with Crippen LogP contribution in [0.3, 0.4) is 0 Å². The number of amides is 1. The number of nitrogens with one attached hydrogen (secondary N) is 1. The first kappa shape index (κ1) is 17.4. The average molecular weight is 350 g/mol. The third-order valence-corrected chi connectivity index (χ3v) is 4.19. The fourth-order valence-corrected chi connectivity index (χ4v) is 2.96. The lowest BCUT2D eigenvalue weighted by Crippen LogP contribution is -2.39. The van der Waals surface area contributed by atoms with Crippen LogP contribution in [-0.4, -0.2) is 48.9 Å². The number of carbonyl (C=O) groups is 1. The molecular weight excluding hydrogens is 328 g/mol. The zero-order valence-electron chi connectivity index (χ0n) is 14.7. The number of aromatic nitrogens is 3. The molecule has 3 rings (SSSR count). The van der Waals surface area contributed by atoms with Crippen molar-refractivity contribution in [2.24, 2.45) is 13.0 Å². The quantitative estimate of drug-likeness (QED) is 0.798. The molecule has 9 nitrogen and oxygen atoms in total. The van der Waals surface area contributed by atoms with Gasteiger partial charge in [0, 0.05) is 19.8 Å². The van der Waals surface area contributed by atoms with Crippen molar-refractivity contribution in [2.75, 3.05) is 13.2 Å². The zero-order chi connectivity index (χ0) is 18.5. The van der Waals surface area contributed by atoms with E-state index in [1.54, 1.807) is 6.92 Å². The smallest absolute Gasteiger partial charge is 0.331 e. The van der Waals surface area contributed by atoms with E-state index in [1.165, 1.54) is 17.8 Å². The van der Waals surface area contributed by atoms with Gasteiger partial charge in [-0.3, -0.25) is 23.6 Å². The van der Waals surface area contributed by atoms with Crippen molar-refractivity contribution in [3.63, 3.8) is 0 Å². The van der Waals surface area contributed by atoms with Crippen LogP contribution < -0.4 is 11.2 Å². The molecule has 136 valence electrons. The minimum atomic E-state index is -1.14. The monoisotopic (exact) mass is 350 g/mol. The maximum absolute atomic E-state index is 12.7. The number of carbonyl (C=O) groups excluding carboxylic acids is 1. The molecule has 1 fully saturated rings. The second-order valence-electron chi connectivity index (χ2n) is 7.19. The van der Waals surface area contributed by atoms with E-state index in [0.717, 1.165) is 9.63 Å². The highest BCUT2D eigenvalue weighted by Crippen LogP contribution is 2.21. The molecule has 2 aromatic rings. The average Bonchev–Trinajstić information content (AvgIpc) is 3.12. The Bertz CT molecular complexity index is 950. The first-order chi connectivity index (χ1) is 11.6. The molecule has 0 unspecified atom stereocenters. The van der Waals surface area contributed by atoms with Crippen LogP contribution in [-0.2, 0) is 18.4 Å². The molecule has 0 bridgehead atoms. The Balaban J connectivity index is 2.16. The van der Waals surface area contributed by atoms with Crippen LogP contribution in [0, 0.1) is 5.92 Å². The molecule has 0 aromatic carbocycles. The van der Waals surface area contributed by atoms with Gasteiger partial charge in [-0.1, -0.05) is 13.8 Å². The number of rotatable bonds is 3. The summed E-state index contributed by atoms with van der Waals surface area (Å²) >= 11 is 0. The largest absolute Gasteiger partial charge is 0.386 e. The summed E-state index contributed by atoms with van der Waals surface area (Å²) in [7, 11) is 1.39. The van der Waals surface area contributed by atoms with Crippen molar-refractivity contribution in [3.05, 3.63) is 32.7 Å². The van der Waals surface area contributed by atoms with Gasteiger partial charge in [0.15, 0.2) is 0 Å². The number of β-amino-alcohol motifs (C(OH)–C–C–N with tert-alkyl or cyclic N) is 1. The summed E-state index contributed by atoms with van der Waals surface area (Å²) in [6, 6.07) is 0. The van der Waals surface area contributed by atoms with Gasteiger partial charge in [0.2, 0.25) is 0 Å². The molecule has 0 radical (unpaired) electrons. The molecule has 0 saturated carbocycles. The molecule has 2 N–H and O–H groups in total. The highest BCUT2D eigenvalue weighted by atomic mass is 16.7. The third-order valence-electron chi connectivity index (χ3n) is 4.19. The number of fused-ring (bicyclic) bond motifs is 1. The molecule has 0 aliphatic carbocycles. The molecule has 25 heavy (non-hydrogen) atoms. The maximum atomic E-state index is 12.7. The van der Waals surface area contributed by atoms with E-state index < -0.39 is 22.8 Å². The molecule has 1 saturated heterocycles. The summed E-state index contributed by atoms with van der Waals surface area (Å²) in [5.41, 5.74) is -1.68. The van der Waals surface area contributed by atoms with Gasteiger partial charge in [-0.25, -0.2) is 9.86 Å². The summed E-state index contributed by atoms with van der Waals surface area (Å²) in [6.45, 7) is 5.90. The standard InChI is InChI=1S/C16H22N4O5/c1-9(2)6-19-10-5-17-12(11(10)13(21)18(4)15(19)23)14(22)20-7-16(3,24)8-25-20/h5,9,17,24H,6-8H2,1-4H3/t16-/m0/s1. The van der Waals surface area contributed by atoms with Crippen LogP contribution in [0.1, 0.15) is 31.3 Å². The number of nitrogens with zero attached hydrogens (tertiary/aromatic N) is 3. The lowest BCUT2D eigenvalue weighted by molar-refractivity contribution is -0.0799. The molecule has 0 spiro atoms. The van der Waals surface area contributed by atoms with Gasteiger partial charge in [0.25, 0.3) is 11.5 Å². The van der Waals surface area contributed by atoms with Crippen LogP contribution in [0.5, 0.6) is 0 Å². The Morgan fingerprint density at radius 2 is 2.12 bits per heavy atom. The minimum Gasteiger partial charge on any atom is -0.386 e. The van der Waals surface area contributed by atoms with E-state index in [2.05, 4.69) is 4.98 Å². The van der Waals surface area contributed by atoms with Crippen molar-refractivity contribution >= 4 is 16.8 Å². The van der Waals surface area contributed by atoms with Gasteiger partial charge in [0.1, 0.15) is 17.9 Å². The fraction of sp³-hybridized carbons (Fsp3) is 0.562. The van der Waals surface area contributed by atoms with Crippen LogP contribution in [0.2, 0.25) is 0 Å². The Hall–Kier alpha value is -2.39. The second-order valence-corrected chi connectivity index (χ2v) is 7.19. The first-order valence-corrected chi connectivity index (χ1v) is 8.10. The highest BCUT2D eigenvalue weighted by Gasteiger charge is 2.37. The Morgan fingerprint density at radius 1 is 1.44 bits per heavy atom. The number of hydrogen-bond acceptors (Lipinski definition) is 5. The van der Waals surface area contributed by atoms with Gasteiger partial charge in [0.05, 0.1) is 17.4 Å². The number of hydrogen-bond donors (Lipinski definition) is 2. The Kier molecular flexibility index (Phi) is 4.08. The molecule has 2 aromatic heterocycles. The number of aliphatic hydroxyl groups is 1. The topological polar surface area (TPSA) is 110 Å². The normalized spacial score (nSPS) is 20.8. The Morgan fingerprint density at radius 3 is 2.68 bits per heavy atom. The van der Waals surface area contributed by atoms with Gasteiger partial charge >= 0.3 is 5.69 Å². The molecule has 9 heteroatoms. The predicted molar refractivity (Wildman–Crippen MR) is 90.3 cm³/mol. The lowest BCUT2D eigenvalue weighted by Gasteiger charge is -2.15. The fourth-order valence-electron chi connectivity index (χ4n) is 2.96. The van der Waals surface area contributed by atoms with E-state index in [4.69, 9.17) is 4.84 Å². The SMILES string of the molecule is CC(C)Cn1c(=O)n(C)c(=O)c2c(C(=O)N3C[C@](C)(O)CO3)[nH]cc21. The highest BCUT2D eigenvalue weighted by molar-refractivity contribution is 6.04.